The molecule has 1 fully saturated rings. The number of carbonyl (C=O) groups excluding carboxylic acids is 1. The van der Waals surface area contributed by atoms with E-state index in [1.54, 1.807) is 16.8 Å². The van der Waals surface area contributed by atoms with Crippen molar-refractivity contribution in [2.24, 2.45) is 7.05 Å². The van der Waals surface area contributed by atoms with Gasteiger partial charge in [-0.05, 0) is 30.4 Å². The van der Waals surface area contributed by atoms with E-state index in [0.29, 0.717) is 24.0 Å². The zero-order valence-electron chi connectivity index (χ0n) is 11.7. The topological polar surface area (TPSA) is 56.1 Å². The fourth-order valence-electron chi connectivity index (χ4n) is 2.42. The van der Waals surface area contributed by atoms with Crippen molar-refractivity contribution in [3.8, 4) is 5.88 Å². The summed E-state index contributed by atoms with van der Waals surface area (Å²) in [5, 5.41) is 4.18. The zero-order valence-corrected chi connectivity index (χ0v) is 12.4. The average Bonchev–Trinajstić information content (AvgIpc) is 3.26. The van der Waals surface area contributed by atoms with Gasteiger partial charge in [-0.1, -0.05) is 12.1 Å². The largest absolute Gasteiger partial charge is 0.472 e. The lowest BCUT2D eigenvalue weighted by atomic mass is 9.98. The Morgan fingerprint density at radius 2 is 2.29 bits per heavy atom. The first-order chi connectivity index (χ1) is 10.2. The van der Waals surface area contributed by atoms with Crippen LogP contribution in [0.1, 0.15) is 40.2 Å². The normalized spacial score (nSPS) is 14.0. The maximum absolute atomic E-state index is 11.9. The molecule has 1 aromatic carbocycles. The Hall–Kier alpha value is -2.01. The van der Waals surface area contributed by atoms with Gasteiger partial charge < -0.3 is 4.74 Å². The van der Waals surface area contributed by atoms with E-state index in [-0.39, 0.29) is 5.91 Å². The third kappa shape index (κ3) is 3.03. The molecule has 1 amide bonds. The van der Waals surface area contributed by atoms with Gasteiger partial charge in [0.25, 0.3) is 5.91 Å². The Morgan fingerprint density at radius 3 is 2.90 bits per heavy atom. The molecule has 1 heterocycles. The van der Waals surface area contributed by atoms with Crippen molar-refractivity contribution in [3.63, 3.8) is 0 Å². The first kappa shape index (κ1) is 13.9. The van der Waals surface area contributed by atoms with Crippen molar-refractivity contribution in [3.05, 3.63) is 47.2 Å². The van der Waals surface area contributed by atoms with Crippen molar-refractivity contribution in [1.82, 2.24) is 14.6 Å². The SMILES string of the molecule is Cn1ccc(OCc2c(C(=O)NCl)cccc2C2CC2)n1. The van der Waals surface area contributed by atoms with Gasteiger partial charge in [0, 0.05) is 42.2 Å². The number of carbonyl (C=O) groups is 1. The zero-order chi connectivity index (χ0) is 14.8. The number of aromatic nitrogens is 2. The van der Waals surface area contributed by atoms with Crippen LogP contribution in [0.3, 0.4) is 0 Å². The summed E-state index contributed by atoms with van der Waals surface area (Å²) in [5.41, 5.74) is 2.62. The number of nitrogens with zero attached hydrogens (tertiary/aromatic N) is 2. The third-order valence-corrected chi connectivity index (χ3v) is 3.79. The molecular weight excluding hydrogens is 290 g/mol. The fraction of sp³-hybridized carbons (Fsp3) is 0.333. The molecule has 0 aliphatic heterocycles. The van der Waals surface area contributed by atoms with Crippen LogP contribution in [0.2, 0.25) is 0 Å². The summed E-state index contributed by atoms with van der Waals surface area (Å²) >= 11 is 5.47. The number of benzene rings is 1. The van der Waals surface area contributed by atoms with E-state index in [0.717, 1.165) is 18.4 Å². The van der Waals surface area contributed by atoms with Crippen LogP contribution in [0, 0.1) is 0 Å². The molecule has 0 spiro atoms. The second-order valence-corrected chi connectivity index (χ2v) is 5.38. The molecule has 5 nitrogen and oxygen atoms in total. The highest BCUT2D eigenvalue weighted by Gasteiger charge is 2.28. The van der Waals surface area contributed by atoms with Crippen LogP contribution in [0.4, 0.5) is 0 Å². The van der Waals surface area contributed by atoms with Crippen molar-refractivity contribution in [2.45, 2.75) is 25.4 Å². The minimum atomic E-state index is -0.307. The van der Waals surface area contributed by atoms with Crippen LogP contribution in [0.5, 0.6) is 5.88 Å². The van der Waals surface area contributed by atoms with Crippen molar-refractivity contribution < 1.29 is 9.53 Å². The van der Waals surface area contributed by atoms with Gasteiger partial charge in [0.1, 0.15) is 6.61 Å². The molecule has 6 heteroatoms. The van der Waals surface area contributed by atoms with E-state index < -0.39 is 0 Å². The summed E-state index contributed by atoms with van der Waals surface area (Å²) < 4.78 is 7.39. The first-order valence-electron chi connectivity index (χ1n) is 6.84. The molecule has 1 N–H and O–H groups in total. The molecule has 0 unspecified atom stereocenters. The van der Waals surface area contributed by atoms with Crippen LogP contribution >= 0.6 is 11.8 Å². The van der Waals surface area contributed by atoms with Crippen LogP contribution in [-0.2, 0) is 13.7 Å². The summed E-state index contributed by atoms with van der Waals surface area (Å²) in [6.07, 6.45) is 4.12. The maximum atomic E-state index is 11.9. The lowest BCUT2D eigenvalue weighted by Gasteiger charge is -2.13. The minimum absolute atomic E-state index is 0.307. The molecule has 1 aliphatic carbocycles. The van der Waals surface area contributed by atoms with E-state index in [2.05, 4.69) is 16.0 Å². The number of amides is 1. The Bertz CT molecular complexity index is 665. The highest BCUT2D eigenvalue weighted by molar-refractivity contribution is 6.24. The number of aryl methyl sites for hydroxylation is 1. The minimum Gasteiger partial charge on any atom is -0.472 e. The van der Waals surface area contributed by atoms with Crippen LogP contribution in [0.15, 0.2) is 30.5 Å². The summed E-state index contributed by atoms with van der Waals surface area (Å²) in [7, 11) is 1.83. The monoisotopic (exact) mass is 305 g/mol. The van der Waals surface area contributed by atoms with Gasteiger partial charge in [-0.2, -0.15) is 0 Å². The van der Waals surface area contributed by atoms with Crippen LogP contribution in [-0.4, -0.2) is 15.7 Å². The Balaban J connectivity index is 1.88. The number of halogens is 1. The molecular formula is C15H16ClN3O2. The molecule has 0 atom stereocenters. The number of ether oxygens (including phenoxy) is 1. The van der Waals surface area contributed by atoms with Gasteiger partial charge in [0.15, 0.2) is 0 Å². The maximum Gasteiger partial charge on any atom is 0.266 e. The second kappa shape index (κ2) is 5.77. The van der Waals surface area contributed by atoms with E-state index >= 15 is 0 Å². The van der Waals surface area contributed by atoms with Crippen LogP contribution < -0.4 is 9.57 Å². The molecule has 0 radical (unpaired) electrons. The van der Waals surface area contributed by atoms with E-state index in [9.17, 15) is 4.79 Å². The molecule has 1 saturated carbocycles. The van der Waals surface area contributed by atoms with Gasteiger partial charge in [-0.3, -0.25) is 14.3 Å². The van der Waals surface area contributed by atoms with Gasteiger partial charge >= 0.3 is 0 Å². The lowest BCUT2D eigenvalue weighted by molar-refractivity contribution is 0.0979. The third-order valence-electron chi connectivity index (χ3n) is 3.61. The summed E-state index contributed by atoms with van der Waals surface area (Å²) in [5.74, 6) is 0.759. The predicted molar refractivity (Wildman–Crippen MR) is 79.3 cm³/mol. The fourth-order valence-corrected chi connectivity index (χ4v) is 2.52. The van der Waals surface area contributed by atoms with Crippen LogP contribution in [0.25, 0.3) is 0 Å². The number of hydrogen-bond acceptors (Lipinski definition) is 3. The summed E-state index contributed by atoms with van der Waals surface area (Å²) in [6, 6.07) is 7.50. The molecule has 21 heavy (non-hydrogen) atoms. The molecule has 1 aliphatic rings. The lowest BCUT2D eigenvalue weighted by Crippen LogP contribution is -2.17. The Kier molecular flexibility index (Phi) is 3.84. The molecule has 1 aromatic heterocycles. The quantitative estimate of drug-likeness (QED) is 0.864. The summed E-state index contributed by atoms with van der Waals surface area (Å²) in [4.78, 5) is 14.1. The standard InChI is InChI=1S/C15H16ClN3O2/c1-19-8-7-14(18-19)21-9-13-11(10-5-6-10)3-2-4-12(13)15(20)17-16/h2-4,7-8,10H,5-6,9H2,1H3,(H,17,20). The number of nitrogens with one attached hydrogen (secondary N) is 1. The smallest absolute Gasteiger partial charge is 0.266 e. The van der Waals surface area contributed by atoms with Gasteiger partial charge in [-0.25, -0.2) is 0 Å². The molecule has 110 valence electrons. The average molecular weight is 306 g/mol. The van der Waals surface area contributed by atoms with Gasteiger partial charge in [0.05, 0.1) is 0 Å². The van der Waals surface area contributed by atoms with Gasteiger partial charge in [0.2, 0.25) is 5.88 Å². The molecule has 3 rings (SSSR count). The first-order valence-corrected chi connectivity index (χ1v) is 7.22. The second-order valence-electron chi connectivity index (χ2n) is 5.19. The van der Waals surface area contributed by atoms with E-state index in [1.807, 2.05) is 19.3 Å². The number of rotatable bonds is 5. The molecule has 0 saturated heterocycles. The predicted octanol–water partition coefficient (Wildman–Crippen LogP) is 2.76. The number of hydrogen-bond donors (Lipinski definition) is 1. The molecule has 2 aromatic rings. The van der Waals surface area contributed by atoms with Gasteiger partial charge in [-0.15, -0.1) is 5.10 Å². The molecule has 0 bridgehead atoms. The highest BCUT2D eigenvalue weighted by atomic mass is 35.5. The Morgan fingerprint density at radius 1 is 1.48 bits per heavy atom. The van der Waals surface area contributed by atoms with Crippen molar-refractivity contribution in [2.75, 3.05) is 0 Å². The highest BCUT2D eigenvalue weighted by Crippen LogP contribution is 2.42. The Labute approximate surface area is 128 Å². The summed E-state index contributed by atoms with van der Waals surface area (Å²) in [6.45, 7) is 0.309. The van der Waals surface area contributed by atoms with E-state index in [1.165, 1.54) is 5.56 Å². The van der Waals surface area contributed by atoms with Crippen molar-refractivity contribution >= 4 is 17.7 Å². The van der Waals surface area contributed by atoms with Crippen molar-refractivity contribution in [1.29, 1.82) is 0 Å². The van der Waals surface area contributed by atoms with E-state index in [4.69, 9.17) is 16.5 Å².